The molecule has 0 fully saturated rings. The summed E-state index contributed by atoms with van der Waals surface area (Å²) in [5, 5.41) is 13.5. The molecule has 0 radical (unpaired) electrons. The van der Waals surface area contributed by atoms with E-state index >= 15 is 0 Å². The molecule has 1 aromatic carbocycles. The molecule has 21 heavy (non-hydrogen) atoms. The quantitative estimate of drug-likeness (QED) is 0.622. The van der Waals surface area contributed by atoms with E-state index in [2.05, 4.69) is 5.32 Å². The van der Waals surface area contributed by atoms with Gasteiger partial charge in [0.25, 0.3) is 0 Å². The van der Waals surface area contributed by atoms with Gasteiger partial charge < -0.3 is 10.4 Å². The van der Waals surface area contributed by atoms with Crippen molar-refractivity contribution >= 4 is 11.6 Å². The smallest absolute Gasteiger partial charge is 0.248 e. The van der Waals surface area contributed by atoms with Crippen molar-refractivity contribution in [2.75, 3.05) is 5.32 Å². The minimum Gasteiger partial charge on any atom is -0.507 e. The standard InChI is InChI=1S/C18H27NO2/c1-8-9-15(20)19-12-10-13(17(2,3)4)16(21)14(11-12)18(5,6)7/h8-11,21H,1-7H3,(H,19,20). The Balaban J connectivity index is 3.44. The molecule has 3 heteroatoms. The molecule has 0 atom stereocenters. The number of phenols is 1. The highest BCUT2D eigenvalue weighted by Crippen LogP contribution is 2.40. The largest absolute Gasteiger partial charge is 0.507 e. The van der Waals surface area contributed by atoms with Crippen molar-refractivity contribution in [2.24, 2.45) is 0 Å². The molecule has 0 spiro atoms. The van der Waals surface area contributed by atoms with Crippen LogP contribution in [0.3, 0.4) is 0 Å². The van der Waals surface area contributed by atoms with Gasteiger partial charge in [0.05, 0.1) is 0 Å². The first kappa shape index (κ1) is 17.3. The molecular weight excluding hydrogens is 262 g/mol. The zero-order valence-corrected chi connectivity index (χ0v) is 14.2. The Hall–Kier alpha value is -1.77. The molecule has 0 aliphatic rings. The molecule has 0 saturated carbocycles. The predicted octanol–water partition coefficient (Wildman–Crippen LogP) is 4.50. The highest BCUT2D eigenvalue weighted by molar-refractivity contribution is 5.99. The van der Waals surface area contributed by atoms with Crippen LogP contribution in [0.4, 0.5) is 5.69 Å². The summed E-state index contributed by atoms with van der Waals surface area (Å²) in [5.74, 6) is 0.155. The van der Waals surface area contributed by atoms with Crippen LogP contribution in [0.1, 0.15) is 59.6 Å². The van der Waals surface area contributed by atoms with Gasteiger partial charge in [0.2, 0.25) is 5.91 Å². The second-order valence-electron chi connectivity index (χ2n) is 7.41. The third-order valence-corrected chi connectivity index (χ3v) is 3.31. The molecule has 1 rings (SSSR count). The van der Waals surface area contributed by atoms with E-state index in [1.165, 1.54) is 6.08 Å². The van der Waals surface area contributed by atoms with E-state index in [-0.39, 0.29) is 16.7 Å². The molecule has 3 nitrogen and oxygen atoms in total. The van der Waals surface area contributed by atoms with Crippen LogP contribution in [0.15, 0.2) is 24.3 Å². The molecule has 1 amide bonds. The van der Waals surface area contributed by atoms with Crippen LogP contribution in [0.2, 0.25) is 0 Å². The van der Waals surface area contributed by atoms with Crippen LogP contribution in [-0.2, 0) is 15.6 Å². The Morgan fingerprint density at radius 3 is 1.81 bits per heavy atom. The topological polar surface area (TPSA) is 49.3 Å². The van der Waals surface area contributed by atoms with E-state index in [4.69, 9.17) is 0 Å². The fourth-order valence-corrected chi connectivity index (χ4v) is 2.19. The summed E-state index contributed by atoms with van der Waals surface area (Å²) >= 11 is 0. The SMILES string of the molecule is CC=CC(=O)Nc1cc(C(C)(C)C)c(O)c(C(C)(C)C)c1. The maximum atomic E-state index is 11.8. The molecule has 0 saturated heterocycles. The number of aromatic hydroxyl groups is 1. The van der Waals surface area contributed by atoms with Gasteiger partial charge in [0.15, 0.2) is 0 Å². The summed E-state index contributed by atoms with van der Waals surface area (Å²) in [7, 11) is 0. The van der Waals surface area contributed by atoms with E-state index in [0.717, 1.165) is 11.1 Å². The number of hydrogen-bond donors (Lipinski definition) is 2. The molecule has 0 aromatic heterocycles. The van der Waals surface area contributed by atoms with Crippen LogP contribution in [0.5, 0.6) is 5.75 Å². The van der Waals surface area contributed by atoms with Crippen molar-refractivity contribution in [3.63, 3.8) is 0 Å². The van der Waals surface area contributed by atoms with Gasteiger partial charge in [-0.25, -0.2) is 0 Å². The molecule has 0 bridgehead atoms. The van der Waals surface area contributed by atoms with Crippen LogP contribution in [0, 0.1) is 0 Å². The van der Waals surface area contributed by atoms with E-state index in [9.17, 15) is 9.90 Å². The highest BCUT2D eigenvalue weighted by atomic mass is 16.3. The first-order chi connectivity index (χ1) is 9.46. The number of amides is 1. The van der Waals surface area contributed by atoms with Gasteiger partial charge in [-0.05, 0) is 36.0 Å². The number of benzene rings is 1. The average Bonchev–Trinajstić information content (AvgIpc) is 2.28. The van der Waals surface area contributed by atoms with Gasteiger partial charge in [-0.1, -0.05) is 47.6 Å². The van der Waals surface area contributed by atoms with Gasteiger partial charge in [-0.2, -0.15) is 0 Å². The monoisotopic (exact) mass is 289 g/mol. The Morgan fingerprint density at radius 1 is 1.05 bits per heavy atom. The number of rotatable bonds is 2. The van der Waals surface area contributed by atoms with Gasteiger partial charge in [-0.15, -0.1) is 0 Å². The second-order valence-corrected chi connectivity index (χ2v) is 7.41. The van der Waals surface area contributed by atoms with Crippen molar-refractivity contribution in [3.05, 3.63) is 35.4 Å². The van der Waals surface area contributed by atoms with Crippen molar-refractivity contribution in [1.29, 1.82) is 0 Å². The number of hydrogen-bond acceptors (Lipinski definition) is 2. The normalized spacial score (nSPS) is 12.7. The Morgan fingerprint density at radius 2 is 1.48 bits per heavy atom. The lowest BCUT2D eigenvalue weighted by atomic mass is 9.79. The Labute approximate surface area is 128 Å². The van der Waals surface area contributed by atoms with E-state index < -0.39 is 0 Å². The van der Waals surface area contributed by atoms with Crippen LogP contribution in [-0.4, -0.2) is 11.0 Å². The summed E-state index contributed by atoms with van der Waals surface area (Å²) in [4.78, 5) is 11.8. The molecule has 0 unspecified atom stereocenters. The number of phenolic OH excluding ortho intramolecular Hbond substituents is 1. The van der Waals surface area contributed by atoms with Crippen molar-refractivity contribution in [1.82, 2.24) is 0 Å². The fraction of sp³-hybridized carbons (Fsp3) is 0.500. The van der Waals surface area contributed by atoms with Crippen LogP contribution >= 0.6 is 0 Å². The summed E-state index contributed by atoms with van der Waals surface area (Å²) < 4.78 is 0. The van der Waals surface area contributed by atoms with Gasteiger partial charge in [0, 0.05) is 16.8 Å². The summed E-state index contributed by atoms with van der Waals surface area (Å²) in [6, 6.07) is 3.71. The molecule has 2 N–H and O–H groups in total. The predicted molar refractivity (Wildman–Crippen MR) is 89.0 cm³/mol. The molecule has 0 aliphatic carbocycles. The zero-order valence-electron chi connectivity index (χ0n) is 14.2. The van der Waals surface area contributed by atoms with Crippen molar-refractivity contribution in [3.8, 4) is 5.75 Å². The highest BCUT2D eigenvalue weighted by Gasteiger charge is 2.26. The first-order valence-corrected chi connectivity index (χ1v) is 7.28. The third-order valence-electron chi connectivity index (χ3n) is 3.31. The van der Waals surface area contributed by atoms with E-state index in [0.29, 0.717) is 11.4 Å². The number of allylic oxidation sites excluding steroid dienone is 1. The lowest BCUT2D eigenvalue weighted by Crippen LogP contribution is -2.19. The summed E-state index contributed by atoms with van der Waals surface area (Å²) in [6.45, 7) is 14.1. The molecule has 0 aliphatic heterocycles. The maximum absolute atomic E-state index is 11.8. The molecular formula is C18H27NO2. The lowest BCUT2D eigenvalue weighted by Gasteiger charge is -2.28. The van der Waals surface area contributed by atoms with Crippen molar-refractivity contribution < 1.29 is 9.90 Å². The lowest BCUT2D eigenvalue weighted by molar-refractivity contribution is -0.111. The van der Waals surface area contributed by atoms with Crippen LogP contribution in [0.25, 0.3) is 0 Å². The number of nitrogens with one attached hydrogen (secondary N) is 1. The van der Waals surface area contributed by atoms with Gasteiger partial charge >= 0.3 is 0 Å². The van der Waals surface area contributed by atoms with Gasteiger partial charge in [-0.3, -0.25) is 4.79 Å². The molecule has 116 valence electrons. The summed E-state index contributed by atoms with van der Waals surface area (Å²) in [5.41, 5.74) is 1.98. The van der Waals surface area contributed by atoms with E-state index in [1.807, 2.05) is 53.7 Å². The maximum Gasteiger partial charge on any atom is 0.248 e. The van der Waals surface area contributed by atoms with Crippen molar-refractivity contribution in [2.45, 2.75) is 59.3 Å². The fourth-order valence-electron chi connectivity index (χ4n) is 2.19. The molecule has 1 aromatic rings. The Kier molecular flexibility index (Phi) is 4.87. The van der Waals surface area contributed by atoms with Crippen LogP contribution < -0.4 is 5.32 Å². The first-order valence-electron chi connectivity index (χ1n) is 7.28. The number of carbonyl (C=O) groups is 1. The van der Waals surface area contributed by atoms with E-state index in [1.54, 1.807) is 13.0 Å². The number of carbonyl (C=O) groups excluding carboxylic acids is 1. The average molecular weight is 289 g/mol. The zero-order chi connectivity index (χ0) is 16.4. The molecule has 0 heterocycles. The minimum atomic E-state index is -0.203. The second kappa shape index (κ2) is 5.92. The Bertz CT molecular complexity index is 523. The third kappa shape index (κ3) is 4.35. The number of anilines is 1. The van der Waals surface area contributed by atoms with Gasteiger partial charge in [0.1, 0.15) is 5.75 Å². The minimum absolute atomic E-state index is 0.164. The summed E-state index contributed by atoms with van der Waals surface area (Å²) in [6.07, 6.45) is 3.19.